The molecular weight excluding hydrogens is 436 g/mol. The Balaban J connectivity index is 1.42. The molecule has 1 heterocycles. The molecule has 0 atom stereocenters. The fourth-order valence-corrected chi connectivity index (χ4v) is 4.82. The van der Waals surface area contributed by atoms with Crippen molar-refractivity contribution < 1.29 is 18.3 Å². The summed E-state index contributed by atoms with van der Waals surface area (Å²) in [5, 5.41) is 11.1. The summed E-state index contributed by atoms with van der Waals surface area (Å²) in [5.74, 6) is 0.875. The van der Waals surface area contributed by atoms with Gasteiger partial charge in [-0.2, -0.15) is 0 Å². The van der Waals surface area contributed by atoms with E-state index in [0.717, 1.165) is 68.9 Å². The third kappa shape index (κ3) is 7.73. The first-order chi connectivity index (χ1) is 15.5. The van der Waals surface area contributed by atoms with Crippen LogP contribution in [0.3, 0.4) is 0 Å². The van der Waals surface area contributed by atoms with E-state index in [0.29, 0.717) is 4.90 Å². The Labute approximate surface area is 199 Å². The third-order valence-electron chi connectivity index (χ3n) is 6.42. The van der Waals surface area contributed by atoms with Gasteiger partial charge in [-0.25, -0.2) is 8.42 Å². The van der Waals surface area contributed by atoms with E-state index in [4.69, 9.17) is 4.74 Å². The quantitative estimate of drug-likeness (QED) is 0.565. The molecule has 2 aromatic rings. The molecule has 2 aromatic carbocycles. The number of hydrogen-bond donors (Lipinski definition) is 1. The zero-order chi connectivity index (χ0) is 24.1. The second-order valence-electron chi connectivity index (χ2n) is 9.56. The Bertz CT molecular complexity index is 980. The zero-order valence-electron chi connectivity index (χ0n) is 20.3. The van der Waals surface area contributed by atoms with Crippen molar-refractivity contribution in [1.82, 2.24) is 4.90 Å². The number of aliphatic hydroxyl groups is 1. The maximum Gasteiger partial charge on any atom is 0.175 e. The second kappa shape index (κ2) is 10.9. The standard InChI is InChI=1S/C26H38N2O4S/c1-21(2)32-24-9-7-23(8-10-24)27(3)18-14-26(29)15-19-28(20-16-26)17-13-22-5-11-25(12-6-22)33(4,30)31/h5-12,21,29H,13-20H2,1-4H3. The summed E-state index contributed by atoms with van der Waals surface area (Å²) in [6.45, 7) is 7.51. The van der Waals surface area contributed by atoms with Gasteiger partial charge in [0, 0.05) is 45.2 Å². The first kappa shape index (κ1) is 25.5. The average molecular weight is 475 g/mol. The summed E-state index contributed by atoms with van der Waals surface area (Å²) in [6, 6.07) is 15.3. The molecule has 0 aliphatic carbocycles. The molecular formula is C26H38N2O4S. The SMILES string of the molecule is CC(C)Oc1ccc(N(C)CCC2(O)CCN(CCc3ccc(S(C)(=O)=O)cc3)CC2)cc1. The van der Waals surface area contributed by atoms with Crippen molar-refractivity contribution in [3.8, 4) is 5.75 Å². The van der Waals surface area contributed by atoms with Crippen LogP contribution in [0, 0.1) is 0 Å². The van der Waals surface area contributed by atoms with Crippen molar-refractivity contribution in [3.63, 3.8) is 0 Å². The predicted octanol–water partition coefficient (Wildman–Crippen LogP) is 3.77. The maximum absolute atomic E-state index is 11.6. The normalized spacial score (nSPS) is 16.7. The Morgan fingerprint density at radius 3 is 2.21 bits per heavy atom. The summed E-state index contributed by atoms with van der Waals surface area (Å²) in [5.41, 5.74) is 1.63. The van der Waals surface area contributed by atoms with E-state index in [1.54, 1.807) is 12.1 Å². The van der Waals surface area contributed by atoms with Gasteiger partial charge in [-0.1, -0.05) is 12.1 Å². The summed E-state index contributed by atoms with van der Waals surface area (Å²) in [4.78, 5) is 4.93. The third-order valence-corrected chi connectivity index (χ3v) is 7.55. The number of piperidine rings is 1. The van der Waals surface area contributed by atoms with Crippen LogP contribution in [0.15, 0.2) is 53.4 Å². The Morgan fingerprint density at radius 2 is 1.67 bits per heavy atom. The van der Waals surface area contributed by atoms with Crippen molar-refractivity contribution in [3.05, 3.63) is 54.1 Å². The minimum absolute atomic E-state index is 0.161. The van der Waals surface area contributed by atoms with Crippen molar-refractivity contribution >= 4 is 15.5 Å². The lowest BCUT2D eigenvalue weighted by molar-refractivity contribution is -0.0254. The molecule has 1 fully saturated rings. The van der Waals surface area contributed by atoms with Crippen LogP contribution < -0.4 is 9.64 Å². The highest BCUT2D eigenvalue weighted by atomic mass is 32.2. The molecule has 6 nitrogen and oxygen atoms in total. The topological polar surface area (TPSA) is 70.1 Å². The minimum atomic E-state index is -3.15. The predicted molar refractivity (Wildman–Crippen MR) is 134 cm³/mol. The molecule has 0 radical (unpaired) electrons. The van der Waals surface area contributed by atoms with E-state index in [1.807, 2.05) is 38.1 Å². The minimum Gasteiger partial charge on any atom is -0.491 e. The maximum atomic E-state index is 11.6. The van der Waals surface area contributed by atoms with Gasteiger partial charge in [-0.05, 0) is 81.5 Å². The molecule has 1 aliphatic rings. The molecule has 3 rings (SSSR count). The number of nitrogens with zero attached hydrogens (tertiary/aromatic N) is 2. The molecule has 0 spiro atoms. The Hall–Kier alpha value is -2.09. The van der Waals surface area contributed by atoms with Crippen LogP contribution in [0.2, 0.25) is 0 Å². The van der Waals surface area contributed by atoms with Crippen LogP contribution in [0.4, 0.5) is 5.69 Å². The van der Waals surface area contributed by atoms with Gasteiger partial charge in [-0.15, -0.1) is 0 Å². The van der Waals surface area contributed by atoms with Gasteiger partial charge in [0.25, 0.3) is 0 Å². The smallest absolute Gasteiger partial charge is 0.175 e. The average Bonchev–Trinajstić information content (AvgIpc) is 2.77. The molecule has 0 aromatic heterocycles. The van der Waals surface area contributed by atoms with Gasteiger partial charge in [0.05, 0.1) is 16.6 Å². The molecule has 7 heteroatoms. The summed E-state index contributed by atoms with van der Waals surface area (Å²) < 4.78 is 28.9. The van der Waals surface area contributed by atoms with E-state index >= 15 is 0 Å². The molecule has 33 heavy (non-hydrogen) atoms. The van der Waals surface area contributed by atoms with Crippen LogP contribution in [-0.4, -0.2) is 69.6 Å². The summed E-state index contributed by atoms with van der Waals surface area (Å²) >= 11 is 0. The largest absolute Gasteiger partial charge is 0.491 e. The van der Waals surface area contributed by atoms with Gasteiger partial charge in [0.1, 0.15) is 5.75 Å². The number of hydrogen-bond acceptors (Lipinski definition) is 6. The fourth-order valence-electron chi connectivity index (χ4n) is 4.19. The Kier molecular flexibility index (Phi) is 8.43. The van der Waals surface area contributed by atoms with E-state index in [2.05, 4.69) is 29.0 Å². The van der Waals surface area contributed by atoms with Crippen molar-refractivity contribution in [1.29, 1.82) is 0 Å². The van der Waals surface area contributed by atoms with E-state index in [-0.39, 0.29) is 6.10 Å². The molecule has 1 aliphatic heterocycles. The number of benzene rings is 2. The molecule has 0 bridgehead atoms. The first-order valence-electron chi connectivity index (χ1n) is 11.8. The highest BCUT2D eigenvalue weighted by Crippen LogP contribution is 2.27. The van der Waals surface area contributed by atoms with Gasteiger partial charge >= 0.3 is 0 Å². The second-order valence-corrected chi connectivity index (χ2v) is 11.6. The Morgan fingerprint density at radius 1 is 1.06 bits per heavy atom. The molecule has 1 N–H and O–H groups in total. The highest BCUT2D eigenvalue weighted by molar-refractivity contribution is 7.90. The van der Waals surface area contributed by atoms with Crippen LogP contribution in [0.25, 0.3) is 0 Å². The van der Waals surface area contributed by atoms with E-state index < -0.39 is 15.4 Å². The lowest BCUT2D eigenvalue weighted by Gasteiger charge is -2.39. The monoisotopic (exact) mass is 474 g/mol. The lowest BCUT2D eigenvalue weighted by atomic mass is 9.88. The summed E-state index contributed by atoms with van der Waals surface area (Å²) in [6.07, 6.45) is 4.56. The van der Waals surface area contributed by atoms with Gasteiger partial charge in [0.15, 0.2) is 9.84 Å². The molecule has 182 valence electrons. The van der Waals surface area contributed by atoms with Crippen LogP contribution in [-0.2, 0) is 16.3 Å². The van der Waals surface area contributed by atoms with E-state index in [1.165, 1.54) is 6.26 Å². The van der Waals surface area contributed by atoms with Gasteiger partial charge < -0.3 is 19.6 Å². The molecule has 0 saturated carbocycles. The van der Waals surface area contributed by atoms with Crippen LogP contribution in [0.1, 0.15) is 38.7 Å². The summed E-state index contributed by atoms with van der Waals surface area (Å²) in [7, 11) is -1.09. The lowest BCUT2D eigenvalue weighted by Crippen LogP contribution is -2.46. The number of rotatable bonds is 10. The van der Waals surface area contributed by atoms with Crippen LogP contribution in [0.5, 0.6) is 5.75 Å². The molecule has 1 saturated heterocycles. The fraction of sp³-hybridized carbons (Fsp3) is 0.538. The zero-order valence-corrected chi connectivity index (χ0v) is 21.1. The van der Waals surface area contributed by atoms with Crippen molar-refractivity contribution in [2.24, 2.45) is 0 Å². The number of ether oxygens (including phenoxy) is 1. The van der Waals surface area contributed by atoms with Crippen molar-refractivity contribution in [2.45, 2.75) is 56.1 Å². The highest BCUT2D eigenvalue weighted by Gasteiger charge is 2.32. The number of likely N-dealkylation sites (tertiary alicyclic amines) is 1. The van der Waals surface area contributed by atoms with Gasteiger partial charge in [-0.3, -0.25) is 0 Å². The number of anilines is 1. The van der Waals surface area contributed by atoms with Crippen LogP contribution >= 0.6 is 0 Å². The molecule has 0 unspecified atom stereocenters. The first-order valence-corrected chi connectivity index (χ1v) is 13.6. The van der Waals surface area contributed by atoms with Gasteiger partial charge in [0.2, 0.25) is 0 Å². The van der Waals surface area contributed by atoms with Crippen molar-refractivity contribution in [2.75, 3.05) is 44.4 Å². The molecule has 0 amide bonds. The van der Waals surface area contributed by atoms with E-state index in [9.17, 15) is 13.5 Å². The number of sulfone groups is 1.